The van der Waals surface area contributed by atoms with Crippen molar-refractivity contribution >= 4 is 14.3 Å². The standard InChI is InChI=1S/C11H24O2Si/c1-7-8-9-10(12)13-14(5,6)11(2,3)4/h7-9H2,1-6H3. The van der Waals surface area contributed by atoms with Crippen LogP contribution in [0.4, 0.5) is 0 Å². The van der Waals surface area contributed by atoms with Gasteiger partial charge in [-0.3, -0.25) is 4.79 Å². The number of hydrogen-bond acceptors (Lipinski definition) is 2. The zero-order valence-electron chi connectivity index (χ0n) is 10.4. The summed E-state index contributed by atoms with van der Waals surface area (Å²) in [6.45, 7) is 12.7. The molecule has 0 spiro atoms. The van der Waals surface area contributed by atoms with Crippen LogP contribution in [0, 0.1) is 0 Å². The molecule has 0 aliphatic carbocycles. The van der Waals surface area contributed by atoms with E-state index in [1.165, 1.54) is 0 Å². The Bertz CT molecular complexity index is 192. The summed E-state index contributed by atoms with van der Waals surface area (Å²) in [5, 5.41) is 0.120. The van der Waals surface area contributed by atoms with Crippen molar-refractivity contribution in [2.45, 2.75) is 65.1 Å². The van der Waals surface area contributed by atoms with E-state index in [0.29, 0.717) is 6.42 Å². The smallest absolute Gasteiger partial charge is 0.292 e. The summed E-state index contributed by atoms with van der Waals surface area (Å²) in [6.07, 6.45) is 2.56. The molecular formula is C11H24O2Si. The van der Waals surface area contributed by atoms with E-state index in [2.05, 4.69) is 40.8 Å². The Morgan fingerprint density at radius 2 is 1.79 bits per heavy atom. The van der Waals surface area contributed by atoms with Crippen LogP contribution in [0.15, 0.2) is 0 Å². The average molecular weight is 216 g/mol. The molecule has 0 bridgehead atoms. The molecule has 0 unspecified atom stereocenters. The highest BCUT2D eigenvalue weighted by Crippen LogP contribution is 2.36. The van der Waals surface area contributed by atoms with Gasteiger partial charge < -0.3 is 4.43 Å². The molecule has 0 atom stereocenters. The van der Waals surface area contributed by atoms with Crippen LogP contribution >= 0.6 is 0 Å². The molecule has 0 aromatic rings. The Hall–Kier alpha value is -0.313. The number of rotatable bonds is 4. The van der Waals surface area contributed by atoms with Crippen molar-refractivity contribution in [3.63, 3.8) is 0 Å². The van der Waals surface area contributed by atoms with Gasteiger partial charge in [0.2, 0.25) is 0 Å². The topological polar surface area (TPSA) is 26.3 Å². The Labute approximate surface area is 89.2 Å². The quantitative estimate of drug-likeness (QED) is 0.669. The lowest BCUT2D eigenvalue weighted by Crippen LogP contribution is -2.42. The molecule has 0 saturated heterocycles. The molecule has 0 fully saturated rings. The van der Waals surface area contributed by atoms with Gasteiger partial charge in [0.1, 0.15) is 0 Å². The minimum atomic E-state index is -1.87. The first-order chi connectivity index (χ1) is 6.20. The summed E-state index contributed by atoms with van der Waals surface area (Å²) >= 11 is 0. The van der Waals surface area contributed by atoms with Gasteiger partial charge in [0.05, 0.1) is 0 Å². The molecule has 0 aliphatic rings. The van der Waals surface area contributed by atoms with E-state index in [1.54, 1.807) is 0 Å². The Kier molecular flexibility index (Phi) is 4.85. The molecule has 0 rings (SSSR count). The Balaban J connectivity index is 4.16. The normalized spacial score (nSPS) is 12.7. The van der Waals surface area contributed by atoms with Crippen LogP contribution in [-0.2, 0) is 9.22 Å². The van der Waals surface area contributed by atoms with Gasteiger partial charge in [-0.2, -0.15) is 0 Å². The molecule has 0 saturated carbocycles. The number of hydrogen-bond donors (Lipinski definition) is 0. The predicted molar refractivity (Wildman–Crippen MR) is 62.8 cm³/mol. The summed E-state index contributed by atoms with van der Waals surface area (Å²) in [7, 11) is -1.87. The summed E-state index contributed by atoms with van der Waals surface area (Å²) in [6, 6.07) is 0. The minimum Gasteiger partial charge on any atom is -0.519 e. The molecule has 0 aromatic heterocycles. The molecule has 0 heterocycles. The molecule has 14 heavy (non-hydrogen) atoms. The Morgan fingerprint density at radius 3 is 2.14 bits per heavy atom. The van der Waals surface area contributed by atoms with Gasteiger partial charge in [-0.15, -0.1) is 0 Å². The van der Waals surface area contributed by atoms with Crippen molar-refractivity contribution < 1.29 is 9.22 Å². The van der Waals surface area contributed by atoms with Crippen LogP contribution in [-0.4, -0.2) is 14.3 Å². The highest BCUT2D eigenvalue weighted by atomic mass is 28.4. The second kappa shape index (κ2) is 4.96. The van der Waals surface area contributed by atoms with Crippen molar-refractivity contribution in [2.75, 3.05) is 0 Å². The van der Waals surface area contributed by atoms with Crippen LogP contribution in [0.5, 0.6) is 0 Å². The van der Waals surface area contributed by atoms with Crippen molar-refractivity contribution in [1.82, 2.24) is 0 Å². The zero-order chi connectivity index (χ0) is 11.4. The molecule has 0 N–H and O–H groups in total. The molecule has 2 nitrogen and oxygen atoms in total. The molecule has 0 aromatic carbocycles. The highest BCUT2D eigenvalue weighted by Gasteiger charge is 2.40. The van der Waals surface area contributed by atoms with Crippen LogP contribution in [0.3, 0.4) is 0 Å². The van der Waals surface area contributed by atoms with Crippen LogP contribution in [0.2, 0.25) is 18.1 Å². The molecule has 84 valence electrons. The van der Waals surface area contributed by atoms with Gasteiger partial charge in [0, 0.05) is 6.42 Å². The van der Waals surface area contributed by atoms with Crippen molar-refractivity contribution in [3.05, 3.63) is 0 Å². The first-order valence-corrected chi connectivity index (χ1v) is 8.33. The average Bonchev–Trinajstić information content (AvgIpc) is 1.97. The maximum absolute atomic E-state index is 11.5. The first-order valence-electron chi connectivity index (χ1n) is 5.42. The third kappa shape index (κ3) is 4.27. The molecule has 0 aliphatic heterocycles. The second-order valence-electron chi connectivity index (χ2n) is 5.34. The fraction of sp³-hybridized carbons (Fsp3) is 0.909. The van der Waals surface area contributed by atoms with Crippen LogP contribution in [0.25, 0.3) is 0 Å². The lowest BCUT2D eigenvalue weighted by molar-refractivity contribution is -0.135. The monoisotopic (exact) mass is 216 g/mol. The molecule has 0 amide bonds. The third-order valence-electron chi connectivity index (χ3n) is 2.91. The number of carbonyl (C=O) groups is 1. The molecular weight excluding hydrogens is 192 g/mol. The largest absolute Gasteiger partial charge is 0.519 e. The predicted octanol–water partition coefficient (Wildman–Crippen LogP) is 3.73. The maximum Gasteiger partial charge on any atom is 0.292 e. The van der Waals surface area contributed by atoms with Gasteiger partial charge in [-0.1, -0.05) is 34.1 Å². The summed E-state index contributed by atoms with van der Waals surface area (Å²) in [5.41, 5.74) is 0. The van der Waals surface area contributed by atoms with Crippen LogP contribution < -0.4 is 0 Å². The van der Waals surface area contributed by atoms with Gasteiger partial charge in [0.25, 0.3) is 14.3 Å². The summed E-state index contributed by atoms with van der Waals surface area (Å²) < 4.78 is 5.60. The summed E-state index contributed by atoms with van der Waals surface area (Å²) in [4.78, 5) is 11.5. The van der Waals surface area contributed by atoms with E-state index >= 15 is 0 Å². The summed E-state index contributed by atoms with van der Waals surface area (Å²) in [5.74, 6) is -0.0153. The second-order valence-corrected chi connectivity index (χ2v) is 10.1. The lowest BCUT2D eigenvalue weighted by atomic mass is 10.2. The fourth-order valence-corrected chi connectivity index (χ4v) is 1.79. The molecule has 3 heteroatoms. The first kappa shape index (κ1) is 13.7. The van der Waals surface area contributed by atoms with Gasteiger partial charge >= 0.3 is 0 Å². The minimum absolute atomic E-state index is 0.0153. The van der Waals surface area contributed by atoms with Crippen LogP contribution in [0.1, 0.15) is 47.0 Å². The van der Waals surface area contributed by atoms with Crippen molar-refractivity contribution in [3.8, 4) is 0 Å². The van der Waals surface area contributed by atoms with Gasteiger partial charge in [-0.05, 0) is 24.6 Å². The van der Waals surface area contributed by atoms with Crippen molar-refractivity contribution in [1.29, 1.82) is 0 Å². The Morgan fingerprint density at radius 1 is 1.29 bits per heavy atom. The van der Waals surface area contributed by atoms with E-state index < -0.39 is 8.32 Å². The zero-order valence-corrected chi connectivity index (χ0v) is 11.4. The van der Waals surface area contributed by atoms with E-state index in [-0.39, 0.29) is 11.0 Å². The maximum atomic E-state index is 11.5. The molecule has 0 radical (unpaired) electrons. The van der Waals surface area contributed by atoms with Gasteiger partial charge in [-0.25, -0.2) is 0 Å². The third-order valence-corrected chi connectivity index (χ3v) is 7.26. The number of unbranched alkanes of at least 4 members (excludes halogenated alkanes) is 1. The van der Waals surface area contributed by atoms with E-state index in [4.69, 9.17) is 4.43 Å². The van der Waals surface area contributed by atoms with E-state index in [1.807, 2.05) is 0 Å². The lowest BCUT2D eigenvalue weighted by Gasteiger charge is -2.35. The van der Waals surface area contributed by atoms with E-state index in [9.17, 15) is 4.79 Å². The van der Waals surface area contributed by atoms with Gasteiger partial charge in [0.15, 0.2) is 0 Å². The number of carbonyl (C=O) groups excluding carboxylic acids is 1. The highest BCUT2D eigenvalue weighted by molar-refractivity contribution is 6.75. The van der Waals surface area contributed by atoms with Crippen molar-refractivity contribution in [2.24, 2.45) is 0 Å². The SMILES string of the molecule is CCCCC(=O)O[Si](C)(C)C(C)(C)C. The van der Waals surface area contributed by atoms with E-state index in [0.717, 1.165) is 12.8 Å². The fourth-order valence-electron chi connectivity index (χ4n) is 0.810.